The third kappa shape index (κ3) is 3.46. The number of amides is 2. The third-order valence-electron chi connectivity index (χ3n) is 5.92. The molecular weight excluding hydrogens is 354 g/mol. The zero-order valence-electron chi connectivity index (χ0n) is 16.3. The van der Waals surface area contributed by atoms with Crippen LogP contribution in [0.25, 0.3) is 0 Å². The molecule has 6 heteroatoms. The highest BCUT2D eigenvalue weighted by Gasteiger charge is 2.41. The lowest BCUT2D eigenvalue weighted by molar-refractivity contribution is 0.0103. The van der Waals surface area contributed by atoms with Crippen molar-refractivity contribution in [2.45, 2.75) is 44.2 Å². The molecule has 1 spiro atoms. The summed E-state index contributed by atoms with van der Waals surface area (Å²) < 4.78 is 6.39. The number of hydrogen-bond acceptors (Lipinski definition) is 4. The standard InChI is InChI=1S/C22H25N3O3/c1-15-5-6-19-18(12-15)20(26)24-14-22(28-19)9-7-17(8-10-22)25(2)21(27)16-4-3-11-23-13-16/h3-6,11-13,17H,7-10,14H2,1-2H3,(H,24,26). The largest absolute Gasteiger partial charge is 0.485 e. The van der Waals surface area contributed by atoms with E-state index in [1.54, 1.807) is 24.5 Å². The van der Waals surface area contributed by atoms with Gasteiger partial charge in [0.25, 0.3) is 11.8 Å². The van der Waals surface area contributed by atoms with E-state index in [9.17, 15) is 9.59 Å². The number of nitrogens with zero attached hydrogens (tertiary/aromatic N) is 2. The summed E-state index contributed by atoms with van der Waals surface area (Å²) in [6, 6.07) is 9.45. The second-order valence-corrected chi connectivity index (χ2v) is 7.86. The molecule has 0 atom stereocenters. The summed E-state index contributed by atoms with van der Waals surface area (Å²) in [4.78, 5) is 31.0. The molecule has 2 amide bonds. The number of nitrogens with one attached hydrogen (secondary N) is 1. The van der Waals surface area contributed by atoms with Gasteiger partial charge in [0, 0.05) is 25.5 Å². The van der Waals surface area contributed by atoms with Crippen molar-refractivity contribution in [3.63, 3.8) is 0 Å². The molecule has 1 aromatic carbocycles. The van der Waals surface area contributed by atoms with Crippen molar-refractivity contribution >= 4 is 11.8 Å². The van der Waals surface area contributed by atoms with Crippen LogP contribution in [0.4, 0.5) is 0 Å². The van der Waals surface area contributed by atoms with Crippen LogP contribution in [0.15, 0.2) is 42.7 Å². The number of carbonyl (C=O) groups excluding carboxylic acids is 2. The first-order valence-electron chi connectivity index (χ1n) is 9.72. The van der Waals surface area contributed by atoms with E-state index in [2.05, 4.69) is 10.3 Å². The van der Waals surface area contributed by atoms with Gasteiger partial charge in [-0.15, -0.1) is 0 Å². The van der Waals surface area contributed by atoms with Crippen LogP contribution in [0.3, 0.4) is 0 Å². The summed E-state index contributed by atoms with van der Waals surface area (Å²) in [5.74, 6) is 0.561. The molecule has 0 saturated heterocycles. The second-order valence-electron chi connectivity index (χ2n) is 7.86. The highest BCUT2D eigenvalue weighted by molar-refractivity contribution is 5.97. The Morgan fingerprint density at radius 2 is 2.07 bits per heavy atom. The minimum Gasteiger partial charge on any atom is -0.485 e. The van der Waals surface area contributed by atoms with Crippen LogP contribution in [-0.2, 0) is 0 Å². The smallest absolute Gasteiger partial charge is 0.255 e. The Morgan fingerprint density at radius 3 is 2.79 bits per heavy atom. The Hall–Kier alpha value is -2.89. The highest BCUT2D eigenvalue weighted by Crippen LogP contribution is 2.37. The minimum atomic E-state index is -0.412. The Bertz CT molecular complexity index is 889. The average Bonchev–Trinajstić information content (AvgIpc) is 2.85. The van der Waals surface area contributed by atoms with Gasteiger partial charge in [0.1, 0.15) is 11.4 Å². The summed E-state index contributed by atoms with van der Waals surface area (Å²) in [5.41, 5.74) is 1.83. The molecule has 1 N–H and O–H groups in total. The number of hydrogen-bond donors (Lipinski definition) is 1. The van der Waals surface area contributed by atoms with E-state index in [0.717, 1.165) is 31.2 Å². The normalized spacial score (nSPS) is 23.9. The molecule has 2 aromatic rings. The molecule has 146 valence electrons. The van der Waals surface area contributed by atoms with E-state index in [-0.39, 0.29) is 17.9 Å². The molecular formula is C22H25N3O3. The van der Waals surface area contributed by atoms with E-state index in [1.807, 2.05) is 37.1 Å². The lowest BCUT2D eigenvalue weighted by Gasteiger charge is -2.42. The van der Waals surface area contributed by atoms with Gasteiger partial charge in [-0.25, -0.2) is 0 Å². The van der Waals surface area contributed by atoms with Gasteiger partial charge < -0.3 is 15.0 Å². The number of aromatic nitrogens is 1. The number of rotatable bonds is 2. The minimum absolute atomic E-state index is 0.00930. The molecule has 1 aliphatic heterocycles. The van der Waals surface area contributed by atoms with Crippen LogP contribution in [-0.4, -0.2) is 46.9 Å². The second kappa shape index (κ2) is 7.26. The van der Waals surface area contributed by atoms with Crippen LogP contribution in [0.1, 0.15) is 52.0 Å². The molecule has 2 heterocycles. The SMILES string of the molecule is Cc1ccc2c(c1)C(=O)NCC1(CCC(N(C)C(=O)c3cccnc3)CC1)O2. The van der Waals surface area contributed by atoms with E-state index in [0.29, 0.717) is 23.4 Å². The molecule has 1 aliphatic carbocycles. The lowest BCUT2D eigenvalue weighted by Crippen LogP contribution is -2.51. The molecule has 0 bridgehead atoms. The first kappa shape index (κ1) is 18.5. The predicted molar refractivity (Wildman–Crippen MR) is 105 cm³/mol. The van der Waals surface area contributed by atoms with E-state index < -0.39 is 5.60 Å². The Labute approximate surface area is 164 Å². The lowest BCUT2D eigenvalue weighted by atomic mass is 9.81. The molecule has 1 fully saturated rings. The van der Waals surface area contributed by atoms with Crippen molar-refractivity contribution in [1.82, 2.24) is 15.2 Å². The quantitative estimate of drug-likeness (QED) is 0.871. The maximum atomic E-state index is 12.7. The maximum Gasteiger partial charge on any atom is 0.255 e. The van der Waals surface area contributed by atoms with Crippen LogP contribution in [0, 0.1) is 6.92 Å². The first-order chi connectivity index (χ1) is 13.5. The summed E-state index contributed by atoms with van der Waals surface area (Å²) in [6.07, 6.45) is 6.51. The van der Waals surface area contributed by atoms with Crippen molar-refractivity contribution in [2.24, 2.45) is 0 Å². The third-order valence-corrected chi connectivity index (χ3v) is 5.92. The first-order valence-corrected chi connectivity index (χ1v) is 9.72. The fourth-order valence-electron chi connectivity index (χ4n) is 4.17. The van der Waals surface area contributed by atoms with Gasteiger partial charge in [0.15, 0.2) is 0 Å². The van der Waals surface area contributed by atoms with Crippen LogP contribution in [0.5, 0.6) is 5.75 Å². The fourth-order valence-corrected chi connectivity index (χ4v) is 4.17. The molecule has 0 unspecified atom stereocenters. The Balaban J connectivity index is 1.47. The molecule has 0 radical (unpaired) electrons. The van der Waals surface area contributed by atoms with Crippen LogP contribution < -0.4 is 10.1 Å². The van der Waals surface area contributed by atoms with E-state index in [4.69, 9.17) is 4.74 Å². The number of aryl methyl sites for hydroxylation is 1. The number of pyridine rings is 1. The van der Waals surface area contributed by atoms with Gasteiger partial charge in [0.05, 0.1) is 17.7 Å². The Kier molecular flexibility index (Phi) is 4.79. The maximum absolute atomic E-state index is 12.7. The Morgan fingerprint density at radius 1 is 1.29 bits per heavy atom. The van der Waals surface area contributed by atoms with Gasteiger partial charge in [-0.1, -0.05) is 11.6 Å². The zero-order valence-corrected chi connectivity index (χ0v) is 16.3. The van der Waals surface area contributed by atoms with Gasteiger partial charge >= 0.3 is 0 Å². The van der Waals surface area contributed by atoms with Crippen molar-refractivity contribution < 1.29 is 14.3 Å². The van der Waals surface area contributed by atoms with Gasteiger partial charge in [0.2, 0.25) is 0 Å². The summed E-state index contributed by atoms with van der Waals surface area (Å²) in [5, 5.41) is 3.03. The number of ether oxygens (including phenoxy) is 1. The van der Waals surface area contributed by atoms with E-state index >= 15 is 0 Å². The summed E-state index contributed by atoms with van der Waals surface area (Å²) in [6.45, 7) is 2.46. The van der Waals surface area contributed by atoms with Crippen molar-refractivity contribution in [3.05, 3.63) is 59.4 Å². The van der Waals surface area contributed by atoms with Crippen LogP contribution in [0.2, 0.25) is 0 Å². The summed E-state index contributed by atoms with van der Waals surface area (Å²) >= 11 is 0. The molecule has 1 aromatic heterocycles. The topological polar surface area (TPSA) is 71.5 Å². The van der Waals surface area contributed by atoms with E-state index in [1.165, 1.54) is 0 Å². The highest BCUT2D eigenvalue weighted by atomic mass is 16.5. The average molecular weight is 379 g/mol. The van der Waals surface area contributed by atoms with Crippen molar-refractivity contribution in [2.75, 3.05) is 13.6 Å². The van der Waals surface area contributed by atoms with Crippen molar-refractivity contribution in [3.8, 4) is 5.75 Å². The predicted octanol–water partition coefficient (Wildman–Crippen LogP) is 2.97. The fraction of sp³-hybridized carbons (Fsp3) is 0.409. The summed E-state index contributed by atoms with van der Waals surface area (Å²) in [7, 11) is 1.85. The molecule has 28 heavy (non-hydrogen) atoms. The molecule has 6 nitrogen and oxygen atoms in total. The molecule has 1 saturated carbocycles. The van der Waals surface area contributed by atoms with Crippen molar-refractivity contribution in [1.29, 1.82) is 0 Å². The van der Waals surface area contributed by atoms with Crippen LogP contribution >= 0.6 is 0 Å². The van der Waals surface area contributed by atoms with Gasteiger partial charge in [-0.05, 0) is 56.9 Å². The van der Waals surface area contributed by atoms with Gasteiger partial charge in [-0.3, -0.25) is 14.6 Å². The number of fused-ring (bicyclic) bond motifs is 1. The molecule has 4 rings (SSSR count). The number of carbonyl (C=O) groups is 2. The van der Waals surface area contributed by atoms with Gasteiger partial charge in [-0.2, -0.15) is 0 Å². The number of benzene rings is 1. The monoisotopic (exact) mass is 379 g/mol. The zero-order chi connectivity index (χ0) is 19.7. The molecule has 2 aliphatic rings.